The van der Waals surface area contributed by atoms with E-state index in [1.54, 1.807) is 0 Å². The average molecular weight is 437 g/mol. The SMILES string of the molecule is CCCCCCCCCCCCCCCOC(=O)C1CC=CCC1C(=O)OCC(C)C. The molecule has 0 aromatic carbocycles. The van der Waals surface area contributed by atoms with Crippen LogP contribution in [0.25, 0.3) is 0 Å². The summed E-state index contributed by atoms with van der Waals surface area (Å²) in [6.07, 6.45) is 22.0. The van der Waals surface area contributed by atoms with Crippen LogP contribution in [-0.2, 0) is 19.1 Å². The van der Waals surface area contributed by atoms with Crippen molar-refractivity contribution in [3.8, 4) is 0 Å². The van der Waals surface area contributed by atoms with Crippen LogP contribution >= 0.6 is 0 Å². The minimum absolute atomic E-state index is 0.241. The van der Waals surface area contributed by atoms with Gasteiger partial charge in [-0.3, -0.25) is 9.59 Å². The number of hydrogen-bond donors (Lipinski definition) is 0. The minimum atomic E-state index is -0.400. The zero-order chi connectivity index (χ0) is 22.7. The quantitative estimate of drug-likeness (QED) is 0.128. The highest BCUT2D eigenvalue weighted by Crippen LogP contribution is 2.28. The van der Waals surface area contributed by atoms with Crippen molar-refractivity contribution in [3.05, 3.63) is 12.2 Å². The van der Waals surface area contributed by atoms with Crippen molar-refractivity contribution in [2.45, 2.75) is 117 Å². The van der Waals surface area contributed by atoms with Crippen LogP contribution in [0.5, 0.6) is 0 Å². The molecule has 0 aliphatic heterocycles. The summed E-state index contributed by atoms with van der Waals surface area (Å²) in [6, 6.07) is 0. The van der Waals surface area contributed by atoms with E-state index >= 15 is 0 Å². The molecule has 2 atom stereocenters. The maximum absolute atomic E-state index is 12.5. The third-order valence-electron chi connectivity index (χ3n) is 6.09. The summed E-state index contributed by atoms with van der Waals surface area (Å²) < 4.78 is 10.9. The Hall–Kier alpha value is -1.32. The van der Waals surface area contributed by atoms with Gasteiger partial charge < -0.3 is 9.47 Å². The van der Waals surface area contributed by atoms with E-state index < -0.39 is 11.8 Å². The Kier molecular flexibility index (Phi) is 16.3. The smallest absolute Gasteiger partial charge is 0.310 e. The van der Waals surface area contributed by atoms with Crippen LogP contribution in [0.15, 0.2) is 12.2 Å². The van der Waals surface area contributed by atoms with Gasteiger partial charge in [-0.05, 0) is 25.2 Å². The second-order valence-electron chi connectivity index (χ2n) is 9.59. The lowest BCUT2D eigenvalue weighted by Crippen LogP contribution is -2.34. The molecular weight excluding hydrogens is 388 g/mol. The molecule has 0 radical (unpaired) electrons. The molecule has 2 unspecified atom stereocenters. The predicted molar refractivity (Wildman–Crippen MR) is 128 cm³/mol. The molecule has 1 aliphatic rings. The van der Waals surface area contributed by atoms with Crippen LogP contribution in [0.1, 0.15) is 117 Å². The maximum atomic E-state index is 12.5. The Morgan fingerprint density at radius 2 is 1.13 bits per heavy atom. The Bertz CT molecular complexity index is 497. The van der Waals surface area contributed by atoms with Crippen LogP contribution in [0.4, 0.5) is 0 Å². The van der Waals surface area contributed by atoms with Crippen LogP contribution in [0.3, 0.4) is 0 Å². The fourth-order valence-corrected chi connectivity index (χ4v) is 4.09. The molecule has 0 aromatic rings. The van der Waals surface area contributed by atoms with Crippen molar-refractivity contribution < 1.29 is 19.1 Å². The van der Waals surface area contributed by atoms with Crippen molar-refractivity contribution >= 4 is 11.9 Å². The monoisotopic (exact) mass is 436 g/mol. The highest BCUT2D eigenvalue weighted by atomic mass is 16.5. The van der Waals surface area contributed by atoms with E-state index in [2.05, 4.69) is 6.92 Å². The zero-order valence-electron chi connectivity index (χ0n) is 20.5. The molecule has 4 nitrogen and oxygen atoms in total. The lowest BCUT2D eigenvalue weighted by molar-refractivity contribution is -0.161. The first kappa shape index (κ1) is 27.7. The lowest BCUT2D eigenvalue weighted by Gasteiger charge is -2.25. The highest BCUT2D eigenvalue weighted by Gasteiger charge is 2.36. The maximum Gasteiger partial charge on any atom is 0.310 e. The summed E-state index contributed by atoms with van der Waals surface area (Å²) in [4.78, 5) is 24.9. The predicted octanol–water partition coefficient (Wildman–Crippen LogP) is 7.40. The van der Waals surface area contributed by atoms with E-state index in [-0.39, 0.29) is 11.9 Å². The molecule has 0 spiro atoms. The van der Waals surface area contributed by atoms with Crippen LogP contribution < -0.4 is 0 Å². The molecule has 31 heavy (non-hydrogen) atoms. The molecule has 1 aliphatic carbocycles. The molecule has 4 heteroatoms. The third kappa shape index (κ3) is 13.6. The summed E-state index contributed by atoms with van der Waals surface area (Å²) in [7, 11) is 0. The molecule has 0 N–H and O–H groups in total. The standard InChI is InChI=1S/C27H48O4/c1-4-5-6-7-8-9-10-11-12-13-14-15-18-21-30-26(28)24-19-16-17-20-25(24)27(29)31-22-23(2)3/h16-17,23-25H,4-15,18-22H2,1-3H3. The molecule has 0 fully saturated rings. The van der Waals surface area contributed by atoms with E-state index in [1.165, 1.54) is 70.6 Å². The summed E-state index contributed by atoms with van der Waals surface area (Å²) in [5.41, 5.74) is 0. The summed E-state index contributed by atoms with van der Waals surface area (Å²) >= 11 is 0. The van der Waals surface area contributed by atoms with E-state index in [0.29, 0.717) is 32.0 Å². The molecule has 180 valence electrons. The van der Waals surface area contributed by atoms with Crippen molar-refractivity contribution in [2.24, 2.45) is 17.8 Å². The van der Waals surface area contributed by atoms with Gasteiger partial charge >= 0.3 is 11.9 Å². The second kappa shape index (κ2) is 18.3. The van der Waals surface area contributed by atoms with Gasteiger partial charge in [-0.1, -0.05) is 110 Å². The number of esters is 2. The largest absolute Gasteiger partial charge is 0.465 e. The summed E-state index contributed by atoms with van der Waals surface area (Å²) in [6.45, 7) is 7.15. The Morgan fingerprint density at radius 3 is 1.58 bits per heavy atom. The van der Waals surface area contributed by atoms with E-state index in [9.17, 15) is 9.59 Å². The van der Waals surface area contributed by atoms with Gasteiger partial charge in [0.1, 0.15) is 0 Å². The number of allylic oxidation sites excluding steroid dienone is 2. The first-order valence-electron chi connectivity index (χ1n) is 13.0. The van der Waals surface area contributed by atoms with Crippen molar-refractivity contribution in [1.82, 2.24) is 0 Å². The molecule has 0 heterocycles. The van der Waals surface area contributed by atoms with Gasteiger partial charge in [0.25, 0.3) is 0 Å². The Balaban J connectivity index is 2.05. The van der Waals surface area contributed by atoms with Gasteiger partial charge in [0.2, 0.25) is 0 Å². The van der Waals surface area contributed by atoms with E-state index in [4.69, 9.17) is 9.47 Å². The Morgan fingerprint density at radius 1 is 0.710 bits per heavy atom. The lowest BCUT2D eigenvalue weighted by atomic mass is 9.83. The fourth-order valence-electron chi connectivity index (χ4n) is 4.09. The Labute approximate surface area is 191 Å². The van der Waals surface area contributed by atoms with Gasteiger partial charge in [-0.2, -0.15) is 0 Å². The van der Waals surface area contributed by atoms with Crippen molar-refractivity contribution in [2.75, 3.05) is 13.2 Å². The minimum Gasteiger partial charge on any atom is -0.465 e. The summed E-state index contributed by atoms with van der Waals surface area (Å²) in [5, 5.41) is 0. The zero-order valence-corrected chi connectivity index (χ0v) is 20.5. The van der Waals surface area contributed by atoms with Gasteiger partial charge in [-0.15, -0.1) is 0 Å². The molecule has 0 saturated carbocycles. The summed E-state index contributed by atoms with van der Waals surface area (Å²) in [5.74, 6) is -1.01. The van der Waals surface area contributed by atoms with Crippen LogP contribution in [-0.4, -0.2) is 25.2 Å². The number of carbonyl (C=O) groups is 2. The van der Waals surface area contributed by atoms with Crippen LogP contribution in [0.2, 0.25) is 0 Å². The first-order valence-corrected chi connectivity index (χ1v) is 13.0. The second-order valence-corrected chi connectivity index (χ2v) is 9.59. The number of hydrogen-bond acceptors (Lipinski definition) is 4. The van der Waals surface area contributed by atoms with Crippen molar-refractivity contribution in [1.29, 1.82) is 0 Å². The third-order valence-corrected chi connectivity index (χ3v) is 6.09. The number of carbonyl (C=O) groups excluding carboxylic acids is 2. The average Bonchev–Trinajstić information content (AvgIpc) is 2.77. The topological polar surface area (TPSA) is 52.6 Å². The molecule has 0 bridgehead atoms. The van der Waals surface area contributed by atoms with Crippen molar-refractivity contribution in [3.63, 3.8) is 0 Å². The molecule has 0 amide bonds. The van der Waals surface area contributed by atoms with Gasteiger partial charge in [0.15, 0.2) is 0 Å². The number of ether oxygens (including phenoxy) is 2. The fraction of sp³-hybridized carbons (Fsp3) is 0.852. The highest BCUT2D eigenvalue weighted by molar-refractivity contribution is 5.82. The van der Waals surface area contributed by atoms with Gasteiger partial charge in [0.05, 0.1) is 25.0 Å². The number of rotatable bonds is 18. The van der Waals surface area contributed by atoms with Crippen LogP contribution in [0, 0.1) is 17.8 Å². The molecule has 0 saturated heterocycles. The molecule has 0 aromatic heterocycles. The van der Waals surface area contributed by atoms with Gasteiger partial charge in [0, 0.05) is 0 Å². The van der Waals surface area contributed by atoms with E-state index in [1.807, 2.05) is 26.0 Å². The molecule has 1 rings (SSSR count). The molecular formula is C27H48O4. The van der Waals surface area contributed by atoms with E-state index in [0.717, 1.165) is 12.8 Å². The normalized spacial score (nSPS) is 18.3. The number of unbranched alkanes of at least 4 members (excludes halogenated alkanes) is 12. The first-order chi connectivity index (χ1) is 15.1. The van der Waals surface area contributed by atoms with Gasteiger partial charge in [-0.25, -0.2) is 0 Å².